The van der Waals surface area contributed by atoms with Crippen LogP contribution in [0.4, 0.5) is 0 Å². The number of carboxylic acids is 1. The zero-order valence-electron chi connectivity index (χ0n) is 13.5. The largest absolute Gasteiger partial charge is 0.481 e. The summed E-state index contributed by atoms with van der Waals surface area (Å²) in [6.07, 6.45) is 1.89. The van der Waals surface area contributed by atoms with E-state index in [1.54, 1.807) is 0 Å². The highest BCUT2D eigenvalue weighted by Gasteiger charge is 2.25. The normalized spacial score (nSPS) is 13.9. The van der Waals surface area contributed by atoms with Gasteiger partial charge in [0, 0.05) is 24.9 Å². The molecule has 20 heavy (non-hydrogen) atoms. The molecule has 0 fully saturated rings. The number of carboxylic acid groups (broad SMARTS) is 1. The SMILES string of the molecule is CC(C)(N)CC(=O)NCCC(CCC(=O)O)C(C)(C)C. The summed E-state index contributed by atoms with van der Waals surface area (Å²) in [5.74, 6) is -0.554. The van der Waals surface area contributed by atoms with Crippen molar-refractivity contribution in [2.75, 3.05) is 6.54 Å². The summed E-state index contributed by atoms with van der Waals surface area (Å²) in [5, 5.41) is 11.6. The van der Waals surface area contributed by atoms with Crippen LogP contribution in [0.3, 0.4) is 0 Å². The van der Waals surface area contributed by atoms with Gasteiger partial charge in [-0.2, -0.15) is 0 Å². The van der Waals surface area contributed by atoms with Crippen LogP contribution in [0.5, 0.6) is 0 Å². The van der Waals surface area contributed by atoms with Gasteiger partial charge in [0.2, 0.25) is 5.91 Å². The fourth-order valence-corrected chi connectivity index (χ4v) is 2.17. The summed E-state index contributed by atoms with van der Waals surface area (Å²) >= 11 is 0. The summed E-state index contributed by atoms with van der Waals surface area (Å²) in [7, 11) is 0. The first kappa shape index (κ1) is 18.9. The molecule has 0 aliphatic carbocycles. The van der Waals surface area contributed by atoms with Crippen LogP contribution in [-0.4, -0.2) is 29.1 Å². The Kier molecular flexibility index (Phi) is 7.20. The summed E-state index contributed by atoms with van der Waals surface area (Å²) in [5.41, 5.74) is 5.32. The smallest absolute Gasteiger partial charge is 0.303 e. The molecule has 0 spiro atoms. The van der Waals surface area contributed by atoms with Gasteiger partial charge < -0.3 is 16.2 Å². The van der Waals surface area contributed by atoms with Crippen LogP contribution in [0, 0.1) is 11.3 Å². The molecule has 1 amide bonds. The maximum Gasteiger partial charge on any atom is 0.303 e. The molecule has 0 aromatic rings. The molecule has 0 bridgehead atoms. The van der Waals surface area contributed by atoms with Crippen molar-refractivity contribution in [3.8, 4) is 0 Å². The van der Waals surface area contributed by atoms with E-state index in [4.69, 9.17) is 10.8 Å². The topological polar surface area (TPSA) is 92.4 Å². The summed E-state index contributed by atoms with van der Waals surface area (Å²) in [4.78, 5) is 22.4. The molecule has 1 unspecified atom stereocenters. The number of nitrogens with two attached hydrogens (primary N) is 1. The first-order valence-corrected chi connectivity index (χ1v) is 7.19. The molecular formula is C15H30N2O3. The first-order chi connectivity index (χ1) is 8.92. The lowest BCUT2D eigenvalue weighted by Gasteiger charge is -2.30. The van der Waals surface area contributed by atoms with E-state index in [1.165, 1.54) is 0 Å². The highest BCUT2D eigenvalue weighted by molar-refractivity contribution is 5.77. The van der Waals surface area contributed by atoms with Gasteiger partial charge in [0.05, 0.1) is 0 Å². The van der Waals surface area contributed by atoms with E-state index in [-0.39, 0.29) is 23.7 Å². The van der Waals surface area contributed by atoms with Gasteiger partial charge in [0.15, 0.2) is 0 Å². The van der Waals surface area contributed by atoms with Crippen molar-refractivity contribution in [2.24, 2.45) is 17.1 Å². The molecular weight excluding hydrogens is 256 g/mol. The fraction of sp³-hybridized carbons (Fsp3) is 0.867. The highest BCUT2D eigenvalue weighted by Crippen LogP contribution is 2.32. The summed E-state index contributed by atoms with van der Waals surface area (Å²) < 4.78 is 0. The third-order valence-corrected chi connectivity index (χ3v) is 3.36. The van der Waals surface area contributed by atoms with E-state index in [2.05, 4.69) is 26.1 Å². The van der Waals surface area contributed by atoms with Gasteiger partial charge >= 0.3 is 5.97 Å². The molecule has 5 heteroatoms. The van der Waals surface area contributed by atoms with Crippen molar-refractivity contribution in [3.05, 3.63) is 0 Å². The zero-order valence-corrected chi connectivity index (χ0v) is 13.5. The maximum absolute atomic E-state index is 11.7. The van der Waals surface area contributed by atoms with Gasteiger partial charge in [-0.05, 0) is 38.0 Å². The van der Waals surface area contributed by atoms with Crippen LogP contribution < -0.4 is 11.1 Å². The average Bonchev–Trinajstić information content (AvgIpc) is 2.17. The quantitative estimate of drug-likeness (QED) is 0.637. The van der Waals surface area contributed by atoms with Gasteiger partial charge in [-0.15, -0.1) is 0 Å². The van der Waals surface area contributed by atoms with Crippen LogP contribution in [0.15, 0.2) is 0 Å². The van der Waals surface area contributed by atoms with Crippen molar-refractivity contribution >= 4 is 11.9 Å². The van der Waals surface area contributed by atoms with E-state index in [9.17, 15) is 9.59 Å². The Labute approximate surface area is 122 Å². The number of rotatable bonds is 8. The van der Waals surface area contributed by atoms with Gasteiger partial charge in [-0.1, -0.05) is 20.8 Å². The predicted molar refractivity (Wildman–Crippen MR) is 80.3 cm³/mol. The molecule has 0 saturated carbocycles. The molecule has 0 heterocycles. The van der Waals surface area contributed by atoms with Crippen LogP contribution in [-0.2, 0) is 9.59 Å². The fourth-order valence-electron chi connectivity index (χ4n) is 2.17. The molecule has 0 rings (SSSR count). The van der Waals surface area contributed by atoms with Gasteiger partial charge in [0.25, 0.3) is 0 Å². The number of hydrogen-bond acceptors (Lipinski definition) is 3. The minimum atomic E-state index is -0.770. The number of carbonyl (C=O) groups is 2. The molecule has 0 aromatic carbocycles. The second-order valence-corrected chi connectivity index (χ2v) is 7.30. The lowest BCUT2D eigenvalue weighted by molar-refractivity contribution is -0.137. The van der Waals surface area contributed by atoms with E-state index in [1.807, 2.05) is 13.8 Å². The van der Waals surface area contributed by atoms with Gasteiger partial charge in [-0.3, -0.25) is 9.59 Å². The molecule has 0 aromatic heterocycles. The lowest BCUT2D eigenvalue weighted by atomic mass is 9.76. The monoisotopic (exact) mass is 286 g/mol. The first-order valence-electron chi connectivity index (χ1n) is 7.19. The number of aliphatic carboxylic acids is 1. The third-order valence-electron chi connectivity index (χ3n) is 3.36. The second kappa shape index (κ2) is 7.62. The van der Waals surface area contributed by atoms with Crippen LogP contribution in [0.1, 0.15) is 60.3 Å². The predicted octanol–water partition coefficient (Wildman–Crippen LogP) is 2.15. The maximum atomic E-state index is 11.7. The molecule has 0 radical (unpaired) electrons. The number of hydrogen-bond donors (Lipinski definition) is 3. The summed E-state index contributed by atoms with van der Waals surface area (Å²) in [6.45, 7) is 10.5. The molecule has 0 saturated heterocycles. The molecule has 118 valence electrons. The average molecular weight is 286 g/mol. The van der Waals surface area contributed by atoms with Crippen LogP contribution >= 0.6 is 0 Å². The van der Waals surface area contributed by atoms with E-state index < -0.39 is 11.5 Å². The van der Waals surface area contributed by atoms with Crippen molar-refractivity contribution in [1.29, 1.82) is 0 Å². The molecule has 0 aliphatic rings. The Balaban J connectivity index is 4.21. The second-order valence-electron chi connectivity index (χ2n) is 7.30. The minimum Gasteiger partial charge on any atom is -0.481 e. The van der Waals surface area contributed by atoms with Crippen molar-refractivity contribution in [1.82, 2.24) is 5.32 Å². The Bertz CT molecular complexity index is 327. The number of carbonyl (C=O) groups excluding carboxylic acids is 1. The lowest BCUT2D eigenvalue weighted by Crippen LogP contribution is -2.39. The Hall–Kier alpha value is -1.10. The highest BCUT2D eigenvalue weighted by atomic mass is 16.4. The van der Waals surface area contributed by atoms with Crippen molar-refractivity contribution < 1.29 is 14.7 Å². The van der Waals surface area contributed by atoms with Crippen LogP contribution in [0.25, 0.3) is 0 Å². The molecule has 4 N–H and O–H groups in total. The van der Waals surface area contributed by atoms with E-state index in [0.717, 1.165) is 6.42 Å². The van der Waals surface area contributed by atoms with Crippen molar-refractivity contribution in [2.45, 2.75) is 65.8 Å². The zero-order chi connectivity index (χ0) is 16.0. The van der Waals surface area contributed by atoms with Crippen molar-refractivity contribution in [3.63, 3.8) is 0 Å². The Morgan fingerprint density at radius 3 is 2.10 bits per heavy atom. The standard InChI is InChI=1S/C15H30N2O3/c1-14(2,3)11(6-7-13(19)20)8-9-17-12(18)10-15(4,5)16/h11H,6-10,16H2,1-5H3,(H,17,18)(H,19,20). The van der Waals surface area contributed by atoms with E-state index >= 15 is 0 Å². The molecule has 1 atom stereocenters. The molecule has 5 nitrogen and oxygen atoms in total. The summed E-state index contributed by atoms with van der Waals surface area (Å²) in [6, 6.07) is 0. The van der Waals surface area contributed by atoms with E-state index in [0.29, 0.717) is 19.4 Å². The molecule has 0 aliphatic heterocycles. The number of nitrogens with one attached hydrogen (secondary N) is 1. The number of amides is 1. The van der Waals surface area contributed by atoms with Gasteiger partial charge in [-0.25, -0.2) is 0 Å². The van der Waals surface area contributed by atoms with Gasteiger partial charge in [0.1, 0.15) is 0 Å². The minimum absolute atomic E-state index is 0.0350. The third kappa shape index (κ3) is 9.78. The Morgan fingerprint density at radius 2 is 1.70 bits per heavy atom. The van der Waals surface area contributed by atoms with Crippen LogP contribution in [0.2, 0.25) is 0 Å². The Morgan fingerprint density at radius 1 is 1.15 bits per heavy atom.